The maximum atomic E-state index is 12.0. The Kier molecular flexibility index (Phi) is 9.66. The molecule has 0 spiro atoms. The van der Waals surface area contributed by atoms with Crippen LogP contribution in [0.1, 0.15) is 42.6 Å². The van der Waals surface area contributed by atoms with E-state index in [2.05, 4.69) is 33.8 Å². The molecule has 2 aliphatic rings. The fraction of sp³-hybridized carbons (Fsp3) is 0.444. The zero-order valence-electron chi connectivity index (χ0n) is 21.0. The predicted octanol–water partition coefficient (Wildman–Crippen LogP) is 3.42. The average molecular weight is 479 g/mol. The van der Waals surface area contributed by atoms with Crippen LogP contribution in [0, 0.1) is 0 Å². The Morgan fingerprint density at radius 1 is 1.00 bits per heavy atom. The maximum absolute atomic E-state index is 12.0. The number of likely N-dealkylation sites (tertiary alicyclic amines) is 1. The van der Waals surface area contributed by atoms with Crippen molar-refractivity contribution in [2.45, 2.75) is 33.1 Å². The average Bonchev–Trinajstić information content (AvgIpc) is 3.43. The first kappa shape index (κ1) is 26.2. The molecular formula is C27H38N6O2. The number of amides is 2. The molecule has 2 saturated heterocycles. The number of nitrogens with one attached hydrogen (secondary N) is 1. The number of carbonyl (C=O) groups excluding carboxylic acids is 2. The summed E-state index contributed by atoms with van der Waals surface area (Å²) in [5.41, 5.74) is 8.08. The molecule has 4 rings (SSSR count). The molecule has 0 aliphatic carbocycles. The van der Waals surface area contributed by atoms with Gasteiger partial charge in [-0.15, -0.1) is 0 Å². The maximum Gasteiger partial charge on any atom is 0.252 e. The highest BCUT2D eigenvalue weighted by molar-refractivity contribution is 5.98. The SMILES string of the molecule is C=CC(=O)N1CCN(c2ccc(C(N)=O)c(Nc3ccc(CCN4CCCC4)cc3)n2)CC1.CC. The first-order valence-electron chi connectivity index (χ1n) is 12.6. The molecular weight excluding hydrogens is 440 g/mol. The van der Waals surface area contributed by atoms with Gasteiger partial charge in [0.25, 0.3) is 5.91 Å². The lowest BCUT2D eigenvalue weighted by molar-refractivity contribution is -0.126. The molecule has 0 atom stereocenters. The standard InChI is InChI=1S/C25H32N6O2.C2H6/c1-2-23(32)31-17-15-30(16-18-31)22-10-9-21(24(26)33)25(28-22)27-20-7-5-19(6-8-20)11-14-29-12-3-4-13-29;1-2/h2,5-10H,1,3-4,11-18H2,(H2,26,33)(H,27,28);1-2H3. The van der Waals surface area contributed by atoms with Crippen LogP contribution < -0.4 is 16.0 Å². The van der Waals surface area contributed by atoms with Crippen molar-refractivity contribution in [2.75, 3.05) is 56.0 Å². The summed E-state index contributed by atoms with van der Waals surface area (Å²) >= 11 is 0. The number of primary amides is 1. The van der Waals surface area contributed by atoms with Gasteiger partial charge in [-0.1, -0.05) is 32.6 Å². The van der Waals surface area contributed by atoms with Gasteiger partial charge in [-0.2, -0.15) is 0 Å². The molecule has 3 heterocycles. The van der Waals surface area contributed by atoms with E-state index in [0.717, 1.165) is 24.5 Å². The summed E-state index contributed by atoms with van der Waals surface area (Å²) in [7, 11) is 0. The van der Waals surface area contributed by atoms with Crippen molar-refractivity contribution in [3.63, 3.8) is 0 Å². The summed E-state index contributed by atoms with van der Waals surface area (Å²) in [4.78, 5) is 34.9. The van der Waals surface area contributed by atoms with Crippen molar-refractivity contribution in [3.05, 3.63) is 60.2 Å². The summed E-state index contributed by atoms with van der Waals surface area (Å²) in [5, 5.41) is 3.27. The van der Waals surface area contributed by atoms with Crippen molar-refractivity contribution >= 4 is 29.1 Å². The Morgan fingerprint density at radius 3 is 2.26 bits per heavy atom. The number of benzene rings is 1. The van der Waals surface area contributed by atoms with Gasteiger partial charge < -0.3 is 25.8 Å². The second-order valence-electron chi connectivity index (χ2n) is 8.57. The van der Waals surface area contributed by atoms with Gasteiger partial charge in [0, 0.05) is 38.4 Å². The van der Waals surface area contributed by atoms with E-state index in [1.807, 2.05) is 26.0 Å². The van der Waals surface area contributed by atoms with E-state index in [-0.39, 0.29) is 5.91 Å². The van der Waals surface area contributed by atoms with Crippen molar-refractivity contribution in [2.24, 2.45) is 5.73 Å². The fourth-order valence-corrected chi connectivity index (χ4v) is 4.39. The number of aromatic nitrogens is 1. The topological polar surface area (TPSA) is 94.8 Å². The fourth-order valence-electron chi connectivity index (χ4n) is 4.39. The zero-order chi connectivity index (χ0) is 25.2. The Bertz CT molecular complexity index is 993. The smallest absolute Gasteiger partial charge is 0.252 e. The molecule has 2 aromatic rings. The minimum atomic E-state index is -0.528. The number of rotatable bonds is 8. The monoisotopic (exact) mass is 478 g/mol. The molecule has 1 aromatic carbocycles. The first-order chi connectivity index (χ1) is 17.0. The van der Waals surface area contributed by atoms with E-state index >= 15 is 0 Å². The van der Waals surface area contributed by atoms with Gasteiger partial charge in [-0.25, -0.2) is 4.98 Å². The second-order valence-corrected chi connectivity index (χ2v) is 8.57. The number of nitrogens with two attached hydrogens (primary N) is 1. The van der Waals surface area contributed by atoms with Crippen LogP contribution in [0.4, 0.5) is 17.3 Å². The summed E-state index contributed by atoms with van der Waals surface area (Å²) in [6.45, 7) is 13.6. The molecule has 0 bridgehead atoms. The van der Waals surface area contributed by atoms with E-state index < -0.39 is 5.91 Å². The highest BCUT2D eigenvalue weighted by Gasteiger charge is 2.22. The summed E-state index contributed by atoms with van der Waals surface area (Å²) in [5.74, 6) is 0.600. The van der Waals surface area contributed by atoms with Crippen LogP contribution in [0.15, 0.2) is 49.1 Å². The van der Waals surface area contributed by atoms with E-state index in [1.165, 1.54) is 37.6 Å². The molecule has 1 aromatic heterocycles. The van der Waals surface area contributed by atoms with E-state index in [9.17, 15) is 9.59 Å². The van der Waals surface area contributed by atoms with E-state index in [0.29, 0.717) is 37.6 Å². The third-order valence-corrected chi connectivity index (χ3v) is 6.37. The Hall–Kier alpha value is -3.39. The van der Waals surface area contributed by atoms with E-state index in [1.54, 1.807) is 17.0 Å². The molecule has 0 radical (unpaired) electrons. The largest absolute Gasteiger partial charge is 0.365 e. The molecule has 35 heavy (non-hydrogen) atoms. The number of carbonyl (C=O) groups is 2. The minimum Gasteiger partial charge on any atom is -0.365 e. The Morgan fingerprint density at radius 2 is 1.66 bits per heavy atom. The Labute approximate surface area is 208 Å². The Balaban J connectivity index is 0.00000167. The number of hydrogen-bond acceptors (Lipinski definition) is 6. The van der Waals surface area contributed by atoms with Gasteiger partial charge in [0.15, 0.2) is 0 Å². The quantitative estimate of drug-likeness (QED) is 0.565. The van der Waals surface area contributed by atoms with Gasteiger partial charge in [0.05, 0.1) is 5.56 Å². The number of piperazine rings is 1. The highest BCUT2D eigenvalue weighted by Crippen LogP contribution is 2.24. The van der Waals surface area contributed by atoms with Crippen molar-refractivity contribution in [1.82, 2.24) is 14.8 Å². The summed E-state index contributed by atoms with van der Waals surface area (Å²) in [6, 6.07) is 11.8. The van der Waals surface area contributed by atoms with E-state index in [4.69, 9.17) is 10.7 Å². The molecule has 2 aliphatic heterocycles. The molecule has 2 fully saturated rings. The predicted molar refractivity (Wildman–Crippen MR) is 142 cm³/mol. The lowest BCUT2D eigenvalue weighted by Gasteiger charge is -2.35. The molecule has 2 amide bonds. The van der Waals surface area contributed by atoms with Crippen LogP contribution in [0.3, 0.4) is 0 Å². The third-order valence-electron chi connectivity index (χ3n) is 6.37. The van der Waals surface area contributed by atoms with Gasteiger partial charge >= 0.3 is 0 Å². The van der Waals surface area contributed by atoms with Gasteiger partial charge in [-0.05, 0) is 68.3 Å². The number of hydrogen-bond donors (Lipinski definition) is 2. The zero-order valence-corrected chi connectivity index (χ0v) is 21.0. The van der Waals surface area contributed by atoms with Crippen LogP contribution >= 0.6 is 0 Å². The van der Waals surface area contributed by atoms with Gasteiger partial charge in [-0.3, -0.25) is 9.59 Å². The third kappa shape index (κ3) is 7.05. The number of anilines is 3. The highest BCUT2D eigenvalue weighted by atomic mass is 16.2. The normalized spacial score (nSPS) is 15.8. The second kappa shape index (κ2) is 12.9. The molecule has 188 valence electrons. The molecule has 8 heteroatoms. The van der Waals surface area contributed by atoms with Crippen molar-refractivity contribution < 1.29 is 9.59 Å². The lowest BCUT2D eigenvalue weighted by atomic mass is 10.1. The van der Waals surface area contributed by atoms with Gasteiger partial charge in [0.1, 0.15) is 11.6 Å². The van der Waals surface area contributed by atoms with Crippen molar-refractivity contribution in [3.8, 4) is 0 Å². The molecule has 8 nitrogen and oxygen atoms in total. The summed E-state index contributed by atoms with van der Waals surface area (Å²) in [6.07, 6.45) is 4.98. The van der Waals surface area contributed by atoms with Crippen LogP contribution in [-0.2, 0) is 11.2 Å². The van der Waals surface area contributed by atoms with Crippen LogP contribution in [0.2, 0.25) is 0 Å². The number of pyridine rings is 1. The number of nitrogens with zero attached hydrogens (tertiary/aromatic N) is 4. The molecule has 0 saturated carbocycles. The molecule has 3 N–H and O–H groups in total. The first-order valence-corrected chi connectivity index (χ1v) is 12.6. The molecule has 0 unspecified atom stereocenters. The summed E-state index contributed by atoms with van der Waals surface area (Å²) < 4.78 is 0. The lowest BCUT2D eigenvalue weighted by Crippen LogP contribution is -2.48. The van der Waals surface area contributed by atoms with Crippen molar-refractivity contribution in [1.29, 1.82) is 0 Å². The van der Waals surface area contributed by atoms with Crippen LogP contribution in [-0.4, -0.2) is 72.4 Å². The minimum absolute atomic E-state index is 0.0575. The van der Waals surface area contributed by atoms with Crippen LogP contribution in [0.5, 0.6) is 0 Å². The van der Waals surface area contributed by atoms with Gasteiger partial charge in [0.2, 0.25) is 5.91 Å². The van der Waals surface area contributed by atoms with Crippen LogP contribution in [0.25, 0.3) is 0 Å².